The zero-order valence-electron chi connectivity index (χ0n) is 14.6. The molecule has 0 unspecified atom stereocenters. The van der Waals surface area contributed by atoms with Gasteiger partial charge in [0.1, 0.15) is 0 Å². The number of Topliss-reactive ketones (excluding diaryl/α,β-unsaturated/α-hetero) is 1. The van der Waals surface area contributed by atoms with Crippen molar-refractivity contribution in [3.63, 3.8) is 0 Å². The molecule has 0 heterocycles. The molecule has 0 fully saturated rings. The number of nitrogens with one attached hydrogen (secondary N) is 1. The summed E-state index contributed by atoms with van der Waals surface area (Å²) in [6.45, 7) is 2.22. The Hall–Kier alpha value is -1.42. The molecule has 0 bridgehead atoms. The van der Waals surface area contributed by atoms with E-state index in [2.05, 4.69) is 31.2 Å². The van der Waals surface area contributed by atoms with E-state index in [-0.39, 0.29) is 6.42 Å². The first-order chi connectivity index (χ1) is 11.2. The Morgan fingerprint density at radius 3 is 2.00 bits per heavy atom. The van der Waals surface area contributed by atoms with E-state index in [1.54, 1.807) is 0 Å². The van der Waals surface area contributed by atoms with Gasteiger partial charge in [0.2, 0.25) is 5.78 Å². The molecule has 0 saturated heterocycles. The number of rotatable bonds is 15. The lowest BCUT2D eigenvalue weighted by molar-refractivity contribution is -0.143. The normalized spacial score (nSPS) is 11.4. The average Bonchev–Trinajstić information content (AvgIpc) is 2.57. The van der Waals surface area contributed by atoms with Crippen LogP contribution in [0.25, 0.3) is 0 Å². The molecule has 2 N–H and O–H groups in total. The van der Waals surface area contributed by atoms with Crippen LogP contribution >= 0.6 is 0 Å². The maximum atomic E-state index is 11.1. The van der Waals surface area contributed by atoms with E-state index >= 15 is 0 Å². The number of carbonyl (C=O) groups is 2. The maximum absolute atomic E-state index is 11.1. The van der Waals surface area contributed by atoms with Crippen LogP contribution in [0.15, 0.2) is 24.3 Å². The summed E-state index contributed by atoms with van der Waals surface area (Å²) < 4.78 is 0. The monoisotopic (exact) mass is 323 g/mol. The smallest absolute Gasteiger partial charge is 0.289 e. The third-order valence-corrected chi connectivity index (χ3v) is 3.71. The molecule has 0 aromatic rings. The minimum atomic E-state index is -0.908. The summed E-state index contributed by atoms with van der Waals surface area (Å²) in [5.41, 5.74) is 1.37. The van der Waals surface area contributed by atoms with Crippen molar-refractivity contribution in [2.75, 3.05) is 0 Å². The fourth-order valence-electron chi connectivity index (χ4n) is 2.27. The fraction of sp³-hybridized carbons (Fsp3) is 0.684. The largest absolute Gasteiger partial charge is 0.310 e. The molecule has 0 aliphatic rings. The second-order valence-corrected chi connectivity index (χ2v) is 5.84. The van der Waals surface area contributed by atoms with E-state index < -0.39 is 11.7 Å². The molecule has 132 valence electrons. The van der Waals surface area contributed by atoms with Crippen molar-refractivity contribution in [2.45, 2.75) is 84.0 Å². The van der Waals surface area contributed by atoms with Crippen molar-refractivity contribution in [3.8, 4) is 0 Å². The minimum Gasteiger partial charge on any atom is -0.289 e. The van der Waals surface area contributed by atoms with Gasteiger partial charge in [0.05, 0.1) is 0 Å². The molecule has 0 atom stereocenters. The maximum Gasteiger partial charge on any atom is 0.310 e. The van der Waals surface area contributed by atoms with Gasteiger partial charge in [0.15, 0.2) is 0 Å². The van der Waals surface area contributed by atoms with Crippen molar-refractivity contribution in [2.24, 2.45) is 0 Å². The highest BCUT2D eigenvalue weighted by Crippen LogP contribution is 2.08. The Morgan fingerprint density at radius 2 is 1.39 bits per heavy atom. The van der Waals surface area contributed by atoms with Crippen LogP contribution in [0.3, 0.4) is 0 Å². The van der Waals surface area contributed by atoms with Gasteiger partial charge in [0.25, 0.3) is 0 Å². The fourth-order valence-corrected chi connectivity index (χ4v) is 2.27. The van der Waals surface area contributed by atoms with Crippen molar-refractivity contribution in [3.05, 3.63) is 24.3 Å². The summed E-state index contributed by atoms with van der Waals surface area (Å²) in [4.78, 5) is 21.9. The first kappa shape index (κ1) is 21.6. The van der Waals surface area contributed by atoms with Gasteiger partial charge >= 0.3 is 5.91 Å². The number of hydrogen-bond donors (Lipinski definition) is 2. The zero-order valence-corrected chi connectivity index (χ0v) is 14.6. The van der Waals surface area contributed by atoms with Gasteiger partial charge in [0, 0.05) is 6.42 Å². The van der Waals surface area contributed by atoms with Crippen molar-refractivity contribution >= 4 is 11.7 Å². The van der Waals surface area contributed by atoms with Crippen LogP contribution in [0.4, 0.5) is 0 Å². The summed E-state index contributed by atoms with van der Waals surface area (Å²) in [6.07, 6.45) is 21.5. The standard InChI is InChI=1S/C19H33NO3/c1-2-3-4-5-6-7-8-9-10-11-12-13-14-15-16-17-18(21)19(22)20-23/h6-7,9-10,23H,2-5,8,11-17H2,1H3,(H,20,22)/b7-6-,10-9-. The number of hydrogen-bond acceptors (Lipinski definition) is 3. The quantitative estimate of drug-likeness (QED) is 0.148. The van der Waals surface area contributed by atoms with Gasteiger partial charge in [-0.25, -0.2) is 5.48 Å². The van der Waals surface area contributed by atoms with E-state index in [0.717, 1.165) is 32.1 Å². The van der Waals surface area contributed by atoms with Crippen LogP contribution in [0, 0.1) is 0 Å². The van der Waals surface area contributed by atoms with E-state index in [4.69, 9.17) is 5.21 Å². The van der Waals surface area contributed by atoms with Crippen molar-refractivity contribution < 1.29 is 14.8 Å². The number of allylic oxidation sites excluding steroid dienone is 4. The Labute approximate surface area is 141 Å². The third-order valence-electron chi connectivity index (χ3n) is 3.71. The highest BCUT2D eigenvalue weighted by atomic mass is 16.5. The average molecular weight is 323 g/mol. The SMILES string of the molecule is CCCCC/C=C\C/C=C\CCCCCCCC(=O)C(=O)NO. The first-order valence-corrected chi connectivity index (χ1v) is 8.99. The van der Waals surface area contributed by atoms with Crippen LogP contribution < -0.4 is 5.48 Å². The summed E-state index contributed by atoms with van der Waals surface area (Å²) in [6, 6.07) is 0. The van der Waals surface area contributed by atoms with Gasteiger partial charge < -0.3 is 0 Å². The highest BCUT2D eigenvalue weighted by molar-refractivity contribution is 6.35. The number of amides is 1. The molecule has 0 rings (SSSR count). The van der Waals surface area contributed by atoms with E-state index in [9.17, 15) is 9.59 Å². The molecule has 0 aliphatic heterocycles. The van der Waals surface area contributed by atoms with Gasteiger partial charge in [-0.3, -0.25) is 14.8 Å². The molecule has 1 amide bonds. The second kappa shape index (κ2) is 16.9. The number of unbranched alkanes of at least 4 members (excludes halogenated alkanes) is 8. The minimum absolute atomic E-state index is 0.219. The molecule has 0 spiro atoms. The molecular formula is C19H33NO3. The molecule has 4 heteroatoms. The van der Waals surface area contributed by atoms with E-state index in [1.165, 1.54) is 37.6 Å². The molecule has 0 aromatic heterocycles. The Bertz CT molecular complexity index is 362. The van der Waals surface area contributed by atoms with E-state index in [1.807, 2.05) is 0 Å². The lowest BCUT2D eigenvalue weighted by Crippen LogP contribution is -2.27. The summed E-state index contributed by atoms with van der Waals surface area (Å²) in [7, 11) is 0. The third kappa shape index (κ3) is 15.3. The lowest BCUT2D eigenvalue weighted by Gasteiger charge is -2.00. The Balaban J connectivity index is 3.31. The summed E-state index contributed by atoms with van der Waals surface area (Å²) >= 11 is 0. The van der Waals surface area contributed by atoms with Gasteiger partial charge in [-0.15, -0.1) is 0 Å². The highest BCUT2D eigenvalue weighted by Gasteiger charge is 2.10. The predicted molar refractivity (Wildman–Crippen MR) is 94.3 cm³/mol. The first-order valence-electron chi connectivity index (χ1n) is 8.99. The Morgan fingerprint density at radius 1 is 0.826 bits per heavy atom. The number of carbonyl (C=O) groups excluding carboxylic acids is 2. The zero-order chi connectivity index (χ0) is 17.2. The molecule has 0 aliphatic carbocycles. The van der Waals surface area contributed by atoms with Crippen LogP contribution in [-0.2, 0) is 9.59 Å². The second-order valence-electron chi connectivity index (χ2n) is 5.84. The molecule has 4 nitrogen and oxygen atoms in total. The van der Waals surface area contributed by atoms with Crippen LogP contribution in [-0.4, -0.2) is 16.9 Å². The van der Waals surface area contributed by atoms with Gasteiger partial charge in [-0.1, -0.05) is 63.3 Å². The molecule has 0 aromatic carbocycles. The van der Waals surface area contributed by atoms with E-state index in [0.29, 0.717) is 6.42 Å². The molecular weight excluding hydrogens is 290 g/mol. The lowest BCUT2D eigenvalue weighted by atomic mass is 10.1. The van der Waals surface area contributed by atoms with Crippen LogP contribution in [0.5, 0.6) is 0 Å². The van der Waals surface area contributed by atoms with Crippen LogP contribution in [0.1, 0.15) is 84.0 Å². The summed E-state index contributed by atoms with van der Waals surface area (Å²) in [5, 5.41) is 8.30. The number of hydroxylamine groups is 1. The molecule has 0 radical (unpaired) electrons. The van der Waals surface area contributed by atoms with Gasteiger partial charge in [-0.2, -0.15) is 0 Å². The Kier molecular flexibility index (Phi) is 15.9. The van der Waals surface area contributed by atoms with Crippen LogP contribution in [0.2, 0.25) is 0 Å². The topological polar surface area (TPSA) is 66.4 Å². The predicted octanol–water partition coefficient (Wildman–Crippen LogP) is 4.87. The molecule has 0 saturated carbocycles. The number of ketones is 1. The van der Waals surface area contributed by atoms with Crippen molar-refractivity contribution in [1.82, 2.24) is 5.48 Å². The summed E-state index contributed by atoms with van der Waals surface area (Å²) in [5.74, 6) is -1.45. The molecule has 23 heavy (non-hydrogen) atoms. The van der Waals surface area contributed by atoms with Gasteiger partial charge in [-0.05, 0) is 38.5 Å². The van der Waals surface area contributed by atoms with Crippen molar-refractivity contribution in [1.29, 1.82) is 0 Å².